The van der Waals surface area contributed by atoms with Crippen LogP contribution in [0.15, 0.2) is 54.6 Å². The molecule has 3 N–H and O–H groups in total. The zero-order valence-electron chi connectivity index (χ0n) is 15.1. The van der Waals surface area contributed by atoms with Gasteiger partial charge in [-0.2, -0.15) is 0 Å². The molecule has 0 aliphatic heterocycles. The lowest BCUT2D eigenvalue weighted by molar-refractivity contribution is -0.124. The highest BCUT2D eigenvalue weighted by Crippen LogP contribution is 2.24. The normalized spacial score (nSPS) is 14.2. The molecule has 1 fully saturated rings. The van der Waals surface area contributed by atoms with E-state index in [-0.39, 0.29) is 11.9 Å². The minimum atomic E-state index is -0.586. The molecule has 2 aromatic carbocycles. The number of carbonyl (C=O) groups is 2. The Morgan fingerprint density at radius 3 is 2.22 bits per heavy atom. The topological polar surface area (TPSA) is 78.4 Å². The van der Waals surface area contributed by atoms with Gasteiger partial charge in [-0.3, -0.25) is 14.8 Å². The average molecular weight is 362 g/mol. The van der Waals surface area contributed by atoms with Crippen LogP contribution in [0.2, 0.25) is 0 Å². The van der Waals surface area contributed by atoms with Crippen LogP contribution in [0.3, 0.4) is 0 Å². The van der Waals surface area contributed by atoms with Gasteiger partial charge >= 0.3 is 0 Å². The summed E-state index contributed by atoms with van der Waals surface area (Å²) >= 11 is 0. The number of benzene rings is 2. The molecule has 5 nitrogen and oxygen atoms in total. The van der Waals surface area contributed by atoms with Crippen molar-refractivity contribution in [1.29, 1.82) is 0 Å². The third-order valence-corrected chi connectivity index (χ3v) is 4.30. The summed E-state index contributed by atoms with van der Waals surface area (Å²) in [5, 5.41) is 11.6. The first-order valence-electron chi connectivity index (χ1n) is 8.87. The molecule has 3 rings (SSSR count). The summed E-state index contributed by atoms with van der Waals surface area (Å²) < 4.78 is 0. The molecule has 0 bridgehead atoms. The predicted octanol–water partition coefficient (Wildman–Crippen LogP) is 3.33. The summed E-state index contributed by atoms with van der Waals surface area (Å²) in [6.45, 7) is 2.01. The third kappa shape index (κ3) is 5.39. The largest absolute Gasteiger partial charge is 0.349 e. The van der Waals surface area contributed by atoms with Crippen LogP contribution in [0.1, 0.15) is 35.1 Å². The Bertz CT molecular complexity index is 877. The van der Waals surface area contributed by atoms with Gasteiger partial charge < -0.3 is 5.32 Å². The van der Waals surface area contributed by atoms with Gasteiger partial charge in [0.1, 0.15) is 0 Å². The molecule has 1 aliphatic carbocycles. The fourth-order valence-electron chi connectivity index (χ4n) is 2.58. The maximum Gasteiger partial charge on any atom is 0.267 e. The number of nitrogens with one attached hydrogen (secondary N) is 2. The second-order valence-electron chi connectivity index (χ2n) is 6.65. The second kappa shape index (κ2) is 8.47. The van der Waals surface area contributed by atoms with Crippen molar-refractivity contribution >= 4 is 29.5 Å². The molecule has 5 heteroatoms. The van der Waals surface area contributed by atoms with Crippen molar-refractivity contribution in [2.24, 2.45) is 0 Å². The molecular weight excluding hydrogens is 340 g/mol. The first-order chi connectivity index (χ1) is 13.0. The Kier molecular flexibility index (Phi) is 5.84. The van der Waals surface area contributed by atoms with Crippen molar-refractivity contribution in [3.05, 3.63) is 76.9 Å². The van der Waals surface area contributed by atoms with Crippen molar-refractivity contribution in [2.45, 2.75) is 25.8 Å². The molecular formula is C22H22N2O3. The third-order valence-electron chi connectivity index (χ3n) is 4.30. The first-order valence-corrected chi connectivity index (χ1v) is 8.87. The van der Waals surface area contributed by atoms with E-state index in [0.717, 1.165) is 35.1 Å². The molecule has 0 heterocycles. The van der Waals surface area contributed by atoms with Gasteiger partial charge in [-0.15, -0.1) is 0 Å². The van der Waals surface area contributed by atoms with Gasteiger partial charge in [-0.05, 0) is 48.6 Å². The summed E-state index contributed by atoms with van der Waals surface area (Å²) in [5.41, 5.74) is 5.90. The molecule has 27 heavy (non-hydrogen) atoms. The Balaban J connectivity index is 1.85. The number of hydrogen-bond acceptors (Lipinski definition) is 3. The molecule has 0 radical (unpaired) electrons. The Labute approximate surface area is 158 Å². The predicted molar refractivity (Wildman–Crippen MR) is 106 cm³/mol. The Hall–Kier alpha value is -3.18. The molecule has 2 aromatic rings. The highest BCUT2D eigenvalue weighted by molar-refractivity contribution is 6.24. The van der Waals surface area contributed by atoms with Crippen molar-refractivity contribution in [2.75, 3.05) is 0 Å². The quantitative estimate of drug-likeness (QED) is 0.319. The fourth-order valence-corrected chi connectivity index (χ4v) is 2.58. The summed E-state index contributed by atoms with van der Waals surface area (Å²) in [7, 11) is 0. The average Bonchev–Trinajstić information content (AvgIpc) is 3.50. The molecule has 2 amide bonds. The van der Waals surface area contributed by atoms with E-state index in [1.165, 1.54) is 6.08 Å². The highest BCUT2D eigenvalue weighted by atomic mass is 16.5. The summed E-state index contributed by atoms with van der Waals surface area (Å²) in [6.07, 6.45) is 6.78. The summed E-state index contributed by atoms with van der Waals surface area (Å²) in [5.74, 6) is -0.651. The molecule has 0 aromatic heterocycles. The van der Waals surface area contributed by atoms with E-state index in [1.54, 1.807) is 11.6 Å². The lowest BCUT2D eigenvalue weighted by Crippen LogP contribution is -2.26. The SMILES string of the molecule is Cc1ccc(/C(=C/c2ccc(/C=C/C(=O)NO)cc2)C(=O)NC2CC2)cc1. The van der Waals surface area contributed by atoms with Gasteiger partial charge in [-0.25, -0.2) is 5.48 Å². The maximum absolute atomic E-state index is 12.7. The fraction of sp³-hybridized carbons (Fsp3) is 0.182. The maximum atomic E-state index is 12.7. The van der Waals surface area contributed by atoms with Gasteiger partial charge in [0.15, 0.2) is 0 Å². The van der Waals surface area contributed by atoms with Crippen LogP contribution < -0.4 is 10.8 Å². The van der Waals surface area contributed by atoms with E-state index in [4.69, 9.17) is 5.21 Å². The first kappa shape index (κ1) is 18.6. The van der Waals surface area contributed by atoms with Crippen LogP contribution in [-0.4, -0.2) is 23.1 Å². The van der Waals surface area contributed by atoms with Crippen molar-refractivity contribution in [3.63, 3.8) is 0 Å². The highest BCUT2D eigenvalue weighted by Gasteiger charge is 2.25. The van der Waals surface area contributed by atoms with Crippen LogP contribution in [0.25, 0.3) is 17.7 Å². The molecule has 1 saturated carbocycles. The van der Waals surface area contributed by atoms with E-state index >= 15 is 0 Å². The van der Waals surface area contributed by atoms with Crippen LogP contribution in [-0.2, 0) is 9.59 Å². The lowest BCUT2D eigenvalue weighted by Gasteiger charge is -2.10. The van der Waals surface area contributed by atoms with Crippen LogP contribution in [0, 0.1) is 6.92 Å². The molecule has 0 spiro atoms. The molecule has 0 saturated heterocycles. The van der Waals surface area contributed by atoms with E-state index in [9.17, 15) is 9.59 Å². The van der Waals surface area contributed by atoms with Crippen LogP contribution in [0.5, 0.6) is 0 Å². The van der Waals surface area contributed by atoms with Gasteiger partial charge in [0.05, 0.1) is 0 Å². The van der Waals surface area contributed by atoms with Crippen LogP contribution >= 0.6 is 0 Å². The number of rotatable bonds is 6. The van der Waals surface area contributed by atoms with E-state index in [0.29, 0.717) is 5.57 Å². The Morgan fingerprint density at radius 2 is 1.63 bits per heavy atom. The number of carbonyl (C=O) groups excluding carboxylic acids is 2. The zero-order chi connectivity index (χ0) is 19.2. The Morgan fingerprint density at radius 1 is 1.00 bits per heavy atom. The minimum absolute atomic E-state index is 0.0649. The van der Waals surface area contributed by atoms with Gasteiger partial charge in [0, 0.05) is 17.7 Å². The lowest BCUT2D eigenvalue weighted by atomic mass is 10.00. The standard InChI is InChI=1S/C22H22N2O3/c1-15-2-9-18(10-3-15)20(22(26)23-19-11-12-19)14-17-6-4-16(5-7-17)8-13-21(25)24-27/h2-10,13-14,19,27H,11-12H2,1H3,(H,23,26)(H,24,25)/b13-8+,20-14-. The van der Waals surface area contributed by atoms with Crippen molar-refractivity contribution < 1.29 is 14.8 Å². The van der Waals surface area contributed by atoms with E-state index in [1.807, 2.05) is 61.5 Å². The van der Waals surface area contributed by atoms with Gasteiger partial charge in [0.2, 0.25) is 0 Å². The summed E-state index contributed by atoms with van der Waals surface area (Å²) in [4.78, 5) is 23.7. The van der Waals surface area contributed by atoms with E-state index in [2.05, 4.69) is 5.32 Å². The van der Waals surface area contributed by atoms with E-state index < -0.39 is 5.91 Å². The summed E-state index contributed by atoms with van der Waals surface area (Å²) in [6, 6.07) is 15.6. The second-order valence-corrected chi connectivity index (χ2v) is 6.65. The van der Waals surface area contributed by atoms with Crippen LogP contribution in [0.4, 0.5) is 0 Å². The molecule has 0 atom stereocenters. The number of hydrogen-bond donors (Lipinski definition) is 3. The molecule has 1 aliphatic rings. The van der Waals surface area contributed by atoms with Gasteiger partial charge in [0.25, 0.3) is 11.8 Å². The molecule has 138 valence electrons. The molecule has 0 unspecified atom stereocenters. The van der Waals surface area contributed by atoms with Crippen molar-refractivity contribution in [1.82, 2.24) is 10.8 Å². The number of amides is 2. The zero-order valence-corrected chi connectivity index (χ0v) is 15.1. The number of hydroxylamine groups is 1. The minimum Gasteiger partial charge on any atom is -0.349 e. The monoisotopic (exact) mass is 362 g/mol. The van der Waals surface area contributed by atoms with Gasteiger partial charge in [-0.1, -0.05) is 54.1 Å². The smallest absolute Gasteiger partial charge is 0.267 e. The number of aryl methyl sites for hydroxylation is 1. The van der Waals surface area contributed by atoms with Crippen molar-refractivity contribution in [3.8, 4) is 0 Å².